The quantitative estimate of drug-likeness (QED) is 0.441. The van der Waals surface area contributed by atoms with Gasteiger partial charge in [0.1, 0.15) is 0 Å². The Morgan fingerprint density at radius 1 is 1.03 bits per heavy atom. The zero-order valence-electron chi connectivity index (χ0n) is 19.9. The smallest absolute Gasteiger partial charge is 0.338 e. The molecule has 4 nitrogen and oxygen atoms in total. The molecular formula is C28H37NO3. The van der Waals surface area contributed by atoms with Crippen molar-refractivity contribution in [3.8, 4) is 11.1 Å². The molecule has 0 aromatic heterocycles. The van der Waals surface area contributed by atoms with Crippen LogP contribution in [0.25, 0.3) is 11.1 Å². The van der Waals surface area contributed by atoms with Crippen molar-refractivity contribution in [1.82, 2.24) is 4.90 Å². The number of esters is 1. The van der Waals surface area contributed by atoms with E-state index in [1.165, 1.54) is 39.2 Å². The Kier molecular flexibility index (Phi) is 8.90. The highest BCUT2D eigenvalue weighted by Crippen LogP contribution is 2.29. The van der Waals surface area contributed by atoms with Gasteiger partial charge >= 0.3 is 5.97 Å². The van der Waals surface area contributed by atoms with E-state index in [2.05, 4.69) is 30.9 Å². The number of ether oxygens (including phenoxy) is 1. The van der Waals surface area contributed by atoms with Crippen LogP contribution < -0.4 is 0 Å². The lowest BCUT2D eigenvalue weighted by molar-refractivity contribution is -0.132. The minimum absolute atomic E-state index is 0.267. The number of carbonyl (C=O) groups excluding carboxylic acids is 2. The monoisotopic (exact) mass is 435 g/mol. The maximum atomic E-state index is 12.8. The SMILES string of the molecule is CCCC(=O)N(CCc1ccc(C(=O)OC)c(-c2ccccc2C)c1)CC1CCCCC1. The Morgan fingerprint density at radius 3 is 2.47 bits per heavy atom. The molecule has 2 aromatic rings. The van der Waals surface area contributed by atoms with Crippen molar-refractivity contribution in [3.05, 3.63) is 59.2 Å². The van der Waals surface area contributed by atoms with Crippen LogP contribution in [0.4, 0.5) is 0 Å². The Balaban J connectivity index is 1.81. The number of nitrogens with zero attached hydrogens (tertiary/aromatic N) is 1. The lowest BCUT2D eigenvalue weighted by atomic mass is 9.88. The van der Waals surface area contributed by atoms with Crippen molar-refractivity contribution in [1.29, 1.82) is 0 Å². The van der Waals surface area contributed by atoms with Crippen molar-refractivity contribution < 1.29 is 14.3 Å². The van der Waals surface area contributed by atoms with Crippen LogP contribution in [0.5, 0.6) is 0 Å². The minimum atomic E-state index is -0.327. The summed E-state index contributed by atoms with van der Waals surface area (Å²) < 4.78 is 5.03. The molecule has 0 aliphatic heterocycles. The summed E-state index contributed by atoms with van der Waals surface area (Å²) in [7, 11) is 1.42. The number of aryl methyl sites for hydroxylation is 1. The van der Waals surface area contributed by atoms with E-state index < -0.39 is 0 Å². The van der Waals surface area contributed by atoms with E-state index in [-0.39, 0.29) is 11.9 Å². The lowest BCUT2D eigenvalue weighted by Gasteiger charge is -2.30. The maximum Gasteiger partial charge on any atom is 0.338 e. The first-order valence-corrected chi connectivity index (χ1v) is 12.1. The molecule has 0 spiro atoms. The van der Waals surface area contributed by atoms with Gasteiger partial charge in [0.05, 0.1) is 12.7 Å². The van der Waals surface area contributed by atoms with Crippen LogP contribution in [-0.2, 0) is 16.0 Å². The largest absolute Gasteiger partial charge is 0.465 e. The Bertz CT molecular complexity index is 915. The zero-order valence-corrected chi connectivity index (χ0v) is 19.9. The maximum absolute atomic E-state index is 12.8. The van der Waals surface area contributed by atoms with Crippen LogP contribution in [0, 0.1) is 12.8 Å². The molecule has 0 saturated heterocycles. The molecule has 0 N–H and O–H groups in total. The number of methoxy groups -OCH3 is 1. The van der Waals surface area contributed by atoms with Crippen molar-refractivity contribution >= 4 is 11.9 Å². The predicted octanol–water partition coefficient (Wildman–Crippen LogP) is 6.20. The summed E-state index contributed by atoms with van der Waals surface area (Å²) in [5, 5.41) is 0. The van der Waals surface area contributed by atoms with Crippen molar-refractivity contribution in [2.75, 3.05) is 20.2 Å². The van der Waals surface area contributed by atoms with Crippen molar-refractivity contribution in [2.45, 2.75) is 65.2 Å². The van der Waals surface area contributed by atoms with Gasteiger partial charge in [0.15, 0.2) is 0 Å². The van der Waals surface area contributed by atoms with Gasteiger partial charge in [-0.3, -0.25) is 4.79 Å². The van der Waals surface area contributed by atoms with E-state index in [4.69, 9.17) is 4.74 Å². The second-order valence-corrected chi connectivity index (χ2v) is 9.03. The molecule has 0 unspecified atom stereocenters. The summed E-state index contributed by atoms with van der Waals surface area (Å²) in [4.78, 5) is 27.3. The third-order valence-electron chi connectivity index (χ3n) is 6.61. The predicted molar refractivity (Wildman–Crippen MR) is 130 cm³/mol. The van der Waals surface area contributed by atoms with Gasteiger partial charge in [-0.15, -0.1) is 0 Å². The molecule has 32 heavy (non-hydrogen) atoms. The first-order chi connectivity index (χ1) is 15.5. The van der Waals surface area contributed by atoms with Gasteiger partial charge in [0, 0.05) is 19.5 Å². The molecule has 2 aromatic carbocycles. The van der Waals surface area contributed by atoms with Gasteiger partial charge in [-0.2, -0.15) is 0 Å². The van der Waals surface area contributed by atoms with Crippen LogP contribution in [0.15, 0.2) is 42.5 Å². The van der Waals surface area contributed by atoms with Gasteiger partial charge in [-0.25, -0.2) is 4.79 Å². The molecule has 1 amide bonds. The number of hydrogen-bond acceptors (Lipinski definition) is 3. The van der Waals surface area contributed by atoms with Gasteiger partial charge in [0.2, 0.25) is 5.91 Å². The van der Waals surface area contributed by atoms with Crippen LogP contribution in [0.2, 0.25) is 0 Å². The molecule has 0 bridgehead atoms. The standard InChI is InChI=1S/C28H37NO3/c1-4-10-27(30)29(20-23-12-6-5-7-13-23)18-17-22-15-16-25(28(31)32-3)26(19-22)24-14-9-8-11-21(24)2/h8-9,11,14-16,19,23H,4-7,10,12-13,17-18,20H2,1-3H3. The number of hydrogen-bond donors (Lipinski definition) is 0. The molecule has 1 fully saturated rings. The third kappa shape index (κ3) is 6.21. The molecule has 172 valence electrons. The van der Waals surface area contributed by atoms with Gasteiger partial charge in [-0.05, 0) is 66.8 Å². The molecule has 4 heteroatoms. The highest BCUT2D eigenvalue weighted by molar-refractivity contribution is 5.97. The fourth-order valence-electron chi connectivity index (χ4n) is 4.77. The van der Waals surface area contributed by atoms with E-state index in [9.17, 15) is 9.59 Å². The van der Waals surface area contributed by atoms with Gasteiger partial charge < -0.3 is 9.64 Å². The molecule has 0 atom stereocenters. The lowest BCUT2D eigenvalue weighted by Crippen LogP contribution is -2.37. The van der Waals surface area contributed by atoms with E-state index in [0.717, 1.165) is 48.2 Å². The van der Waals surface area contributed by atoms with E-state index >= 15 is 0 Å². The minimum Gasteiger partial charge on any atom is -0.465 e. The Labute approximate surface area is 193 Å². The molecule has 0 heterocycles. The first kappa shape index (κ1) is 24.0. The van der Waals surface area contributed by atoms with Gasteiger partial charge in [0.25, 0.3) is 0 Å². The molecule has 3 rings (SSSR count). The number of benzene rings is 2. The fourth-order valence-corrected chi connectivity index (χ4v) is 4.77. The summed E-state index contributed by atoms with van der Waals surface area (Å²) in [5.74, 6) is 0.573. The summed E-state index contributed by atoms with van der Waals surface area (Å²) >= 11 is 0. The second-order valence-electron chi connectivity index (χ2n) is 9.03. The second kappa shape index (κ2) is 11.8. The topological polar surface area (TPSA) is 46.6 Å². The molecule has 0 radical (unpaired) electrons. The molecule has 1 saturated carbocycles. The summed E-state index contributed by atoms with van der Waals surface area (Å²) in [6, 6.07) is 14.0. The number of rotatable bonds is 9. The van der Waals surface area contributed by atoms with Crippen LogP contribution in [0.3, 0.4) is 0 Å². The van der Waals surface area contributed by atoms with Crippen molar-refractivity contribution in [2.24, 2.45) is 5.92 Å². The van der Waals surface area contributed by atoms with Gasteiger partial charge in [-0.1, -0.05) is 62.6 Å². The van der Waals surface area contributed by atoms with E-state index in [0.29, 0.717) is 17.9 Å². The number of carbonyl (C=O) groups is 2. The Hall–Kier alpha value is -2.62. The summed E-state index contributed by atoms with van der Waals surface area (Å²) in [5.41, 5.74) is 4.76. The highest BCUT2D eigenvalue weighted by atomic mass is 16.5. The zero-order chi connectivity index (χ0) is 22.9. The third-order valence-corrected chi connectivity index (χ3v) is 6.61. The Morgan fingerprint density at radius 2 is 1.78 bits per heavy atom. The summed E-state index contributed by atoms with van der Waals surface area (Å²) in [6.45, 7) is 5.72. The van der Waals surface area contributed by atoms with Crippen LogP contribution in [0.1, 0.15) is 73.4 Å². The fraction of sp³-hybridized carbons (Fsp3) is 0.500. The first-order valence-electron chi connectivity index (χ1n) is 12.1. The molecular weight excluding hydrogens is 398 g/mol. The average Bonchev–Trinajstić information content (AvgIpc) is 2.82. The highest BCUT2D eigenvalue weighted by Gasteiger charge is 2.21. The van der Waals surface area contributed by atoms with Crippen LogP contribution >= 0.6 is 0 Å². The number of amides is 1. The van der Waals surface area contributed by atoms with E-state index in [1.54, 1.807) is 0 Å². The molecule has 1 aliphatic rings. The van der Waals surface area contributed by atoms with Crippen LogP contribution in [-0.4, -0.2) is 37.0 Å². The molecule has 1 aliphatic carbocycles. The summed E-state index contributed by atoms with van der Waals surface area (Å²) in [6.07, 6.45) is 8.65. The average molecular weight is 436 g/mol. The van der Waals surface area contributed by atoms with E-state index in [1.807, 2.05) is 30.3 Å². The van der Waals surface area contributed by atoms with Crippen molar-refractivity contribution in [3.63, 3.8) is 0 Å². The normalized spacial score (nSPS) is 14.2.